The van der Waals surface area contributed by atoms with Crippen LogP contribution in [0.1, 0.15) is 47.1 Å². The fraction of sp³-hybridized carbons (Fsp3) is 0.333. The molecule has 0 aliphatic heterocycles. The Labute approximate surface area is 113 Å². The maximum Gasteiger partial charge on any atom is 0.163 e. The van der Waals surface area contributed by atoms with Crippen LogP contribution in [0.3, 0.4) is 0 Å². The lowest BCUT2D eigenvalue weighted by Crippen LogP contribution is -2.10. The number of anilines is 1. The second-order valence-electron chi connectivity index (χ2n) is 4.31. The van der Waals surface area contributed by atoms with Crippen LogP contribution in [0.2, 0.25) is 0 Å². The van der Waals surface area contributed by atoms with E-state index in [1.54, 1.807) is 6.08 Å². The van der Waals surface area contributed by atoms with E-state index in [0.717, 1.165) is 0 Å². The van der Waals surface area contributed by atoms with Crippen LogP contribution < -0.4 is 5.32 Å². The van der Waals surface area contributed by atoms with Crippen LogP contribution in [0.5, 0.6) is 5.75 Å². The quantitative estimate of drug-likeness (QED) is 0.610. The number of nitrogens with one attached hydrogen (secondary N) is 1. The summed E-state index contributed by atoms with van der Waals surface area (Å²) in [6.45, 7) is 8.96. The molecule has 4 heteroatoms. The Morgan fingerprint density at radius 3 is 2.32 bits per heavy atom. The first-order valence-electron chi connectivity index (χ1n) is 6.19. The Morgan fingerprint density at radius 1 is 1.32 bits per heavy atom. The fourth-order valence-electron chi connectivity index (χ4n) is 2.00. The fourth-order valence-corrected chi connectivity index (χ4v) is 2.00. The molecule has 102 valence electrons. The molecule has 0 bridgehead atoms. The molecule has 0 saturated carbocycles. The van der Waals surface area contributed by atoms with E-state index in [2.05, 4.69) is 11.9 Å². The van der Waals surface area contributed by atoms with Crippen LogP contribution in [-0.4, -0.2) is 23.2 Å². The third-order valence-corrected chi connectivity index (χ3v) is 2.86. The number of carbonyl (C=O) groups is 2. The lowest BCUT2D eigenvalue weighted by atomic mass is 9.95. The molecule has 0 amide bonds. The maximum atomic E-state index is 11.7. The van der Waals surface area contributed by atoms with Crippen molar-refractivity contribution in [3.05, 3.63) is 35.4 Å². The lowest BCUT2D eigenvalue weighted by molar-refractivity contribution is 0.101. The molecule has 0 spiro atoms. The van der Waals surface area contributed by atoms with Gasteiger partial charge in [0.2, 0.25) is 0 Å². The zero-order chi connectivity index (χ0) is 14.6. The number of phenols is 1. The Bertz CT molecular complexity index is 533. The summed E-state index contributed by atoms with van der Waals surface area (Å²) in [5.74, 6) is -0.495. The highest BCUT2D eigenvalue weighted by atomic mass is 16.3. The number of Topliss-reactive ketones (excluding diaryl/α,β-unsaturated/α-hetero) is 2. The molecule has 0 saturated heterocycles. The molecule has 1 aromatic carbocycles. The van der Waals surface area contributed by atoms with Crippen molar-refractivity contribution in [3.63, 3.8) is 0 Å². The summed E-state index contributed by atoms with van der Waals surface area (Å²) in [4.78, 5) is 23.3. The highest BCUT2D eigenvalue weighted by Gasteiger charge is 2.20. The third kappa shape index (κ3) is 3.02. The summed E-state index contributed by atoms with van der Waals surface area (Å²) in [5.41, 5.74) is 1.71. The van der Waals surface area contributed by atoms with Gasteiger partial charge in [-0.25, -0.2) is 0 Å². The maximum absolute atomic E-state index is 11.7. The molecular weight excluding hydrogens is 242 g/mol. The van der Waals surface area contributed by atoms with Gasteiger partial charge in [-0.05, 0) is 33.3 Å². The van der Waals surface area contributed by atoms with Crippen LogP contribution >= 0.6 is 0 Å². The first-order chi connectivity index (χ1) is 8.93. The average molecular weight is 261 g/mol. The number of hydrogen-bond acceptors (Lipinski definition) is 4. The van der Waals surface area contributed by atoms with Gasteiger partial charge in [0, 0.05) is 17.7 Å². The van der Waals surface area contributed by atoms with Crippen LogP contribution in [0.4, 0.5) is 5.69 Å². The minimum absolute atomic E-state index is 0.0756. The molecule has 0 aromatic heterocycles. The summed E-state index contributed by atoms with van der Waals surface area (Å²) in [6.07, 6.45) is 2.01. The summed E-state index contributed by atoms with van der Waals surface area (Å²) >= 11 is 0. The Hall–Kier alpha value is -2.10. The van der Waals surface area contributed by atoms with E-state index in [0.29, 0.717) is 29.8 Å². The number of aromatic hydroxyl groups is 1. The number of allylic oxidation sites excluding steroid dienone is 1. The number of hydrogen-bond donors (Lipinski definition) is 2. The van der Waals surface area contributed by atoms with Gasteiger partial charge in [0.25, 0.3) is 0 Å². The van der Waals surface area contributed by atoms with Crippen LogP contribution in [-0.2, 0) is 6.42 Å². The molecule has 4 nitrogen and oxygen atoms in total. The van der Waals surface area contributed by atoms with Gasteiger partial charge in [0.1, 0.15) is 5.75 Å². The number of rotatable bonds is 6. The Balaban J connectivity index is 3.66. The van der Waals surface area contributed by atoms with E-state index in [-0.39, 0.29) is 22.9 Å². The summed E-state index contributed by atoms with van der Waals surface area (Å²) in [5, 5.41) is 13.3. The SMILES string of the molecule is C=CCc1c(O)c(C(C)=O)cc(C(C)=O)c1NCC. The van der Waals surface area contributed by atoms with Crippen LogP contribution in [0, 0.1) is 0 Å². The smallest absolute Gasteiger partial charge is 0.163 e. The van der Waals surface area contributed by atoms with Crippen molar-refractivity contribution in [3.8, 4) is 5.75 Å². The van der Waals surface area contributed by atoms with Gasteiger partial charge >= 0.3 is 0 Å². The predicted octanol–water partition coefficient (Wildman–Crippen LogP) is 2.96. The van der Waals surface area contributed by atoms with Crippen molar-refractivity contribution >= 4 is 17.3 Å². The second-order valence-corrected chi connectivity index (χ2v) is 4.31. The van der Waals surface area contributed by atoms with Gasteiger partial charge in [0.05, 0.1) is 11.3 Å². The van der Waals surface area contributed by atoms with Gasteiger partial charge in [-0.2, -0.15) is 0 Å². The Morgan fingerprint density at radius 2 is 1.89 bits per heavy atom. The molecule has 1 rings (SSSR count). The molecule has 0 radical (unpaired) electrons. The zero-order valence-electron chi connectivity index (χ0n) is 11.5. The molecule has 0 fully saturated rings. The van der Waals surface area contributed by atoms with Crippen LogP contribution in [0.25, 0.3) is 0 Å². The van der Waals surface area contributed by atoms with Crippen molar-refractivity contribution in [2.24, 2.45) is 0 Å². The largest absolute Gasteiger partial charge is 0.507 e. The predicted molar refractivity (Wildman–Crippen MR) is 76.2 cm³/mol. The van der Waals surface area contributed by atoms with E-state index < -0.39 is 0 Å². The monoisotopic (exact) mass is 261 g/mol. The van der Waals surface area contributed by atoms with Crippen molar-refractivity contribution in [1.29, 1.82) is 0 Å². The highest BCUT2D eigenvalue weighted by Crippen LogP contribution is 2.34. The van der Waals surface area contributed by atoms with E-state index >= 15 is 0 Å². The number of phenolic OH excluding ortho intramolecular Hbond substituents is 1. The molecular formula is C15H19NO3. The minimum atomic E-state index is -0.270. The number of benzene rings is 1. The molecule has 19 heavy (non-hydrogen) atoms. The summed E-state index contributed by atoms with van der Waals surface area (Å²) in [6, 6.07) is 1.45. The van der Waals surface area contributed by atoms with Gasteiger partial charge in [0.15, 0.2) is 11.6 Å². The van der Waals surface area contributed by atoms with Crippen molar-refractivity contribution < 1.29 is 14.7 Å². The van der Waals surface area contributed by atoms with Gasteiger partial charge in [-0.15, -0.1) is 6.58 Å². The molecule has 0 unspecified atom stereocenters. The van der Waals surface area contributed by atoms with Crippen LogP contribution in [0.15, 0.2) is 18.7 Å². The van der Waals surface area contributed by atoms with Crippen molar-refractivity contribution in [2.75, 3.05) is 11.9 Å². The standard InChI is InChI=1S/C15H19NO3/c1-5-7-11-14(16-6-2)12(9(3)17)8-13(10(4)18)15(11)19/h5,8,16,19H,1,6-7H2,2-4H3. The van der Waals surface area contributed by atoms with Gasteiger partial charge in [-0.1, -0.05) is 6.08 Å². The van der Waals surface area contributed by atoms with E-state index in [1.807, 2.05) is 6.92 Å². The average Bonchev–Trinajstić information content (AvgIpc) is 2.33. The highest BCUT2D eigenvalue weighted by molar-refractivity contribution is 6.06. The summed E-state index contributed by atoms with van der Waals surface area (Å²) in [7, 11) is 0. The second kappa shape index (κ2) is 6.18. The molecule has 0 atom stereocenters. The molecule has 0 heterocycles. The summed E-state index contributed by atoms with van der Waals surface area (Å²) < 4.78 is 0. The third-order valence-electron chi connectivity index (χ3n) is 2.86. The molecule has 1 aromatic rings. The Kier molecular flexibility index (Phi) is 4.87. The lowest BCUT2D eigenvalue weighted by Gasteiger charge is -2.17. The normalized spacial score (nSPS) is 10.1. The van der Waals surface area contributed by atoms with E-state index in [9.17, 15) is 14.7 Å². The molecule has 0 aliphatic carbocycles. The van der Waals surface area contributed by atoms with Gasteiger partial charge < -0.3 is 10.4 Å². The zero-order valence-corrected chi connectivity index (χ0v) is 11.5. The topological polar surface area (TPSA) is 66.4 Å². The van der Waals surface area contributed by atoms with Gasteiger partial charge in [-0.3, -0.25) is 9.59 Å². The van der Waals surface area contributed by atoms with E-state index in [4.69, 9.17) is 0 Å². The van der Waals surface area contributed by atoms with Crippen molar-refractivity contribution in [2.45, 2.75) is 27.2 Å². The number of ketones is 2. The first kappa shape index (κ1) is 15.0. The van der Waals surface area contributed by atoms with Crippen molar-refractivity contribution in [1.82, 2.24) is 0 Å². The van der Waals surface area contributed by atoms with E-state index in [1.165, 1.54) is 19.9 Å². The minimum Gasteiger partial charge on any atom is -0.507 e. The molecule has 2 N–H and O–H groups in total. The number of carbonyl (C=O) groups excluding carboxylic acids is 2. The molecule has 0 aliphatic rings. The first-order valence-corrected chi connectivity index (χ1v) is 6.19.